The summed E-state index contributed by atoms with van der Waals surface area (Å²) in [5, 5.41) is 14.4. The first kappa shape index (κ1) is 42.3. The molecule has 1 aliphatic heterocycles. The van der Waals surface area contributed by atoms with Crippen LogP contribution in [0.5, 0.6) is 5.75 Å². The average molecular weight is 1050 g/mol. The summed E-state index contributed by atoms with van der Waals surface area (Å²) in [6.45, 7) is 22.2. The molecule has 0 saturated heterocycles. The molecule has 0 fully saturated rings. The van der Waals surface area contributed by atoms with Crippen LogP contribution < -0.4 is 16.4 Å². The molecule has 3 aromatic heterocycles. The summed E-state index contributed by atoms with van der Waals surface area (Å²) >= 11 is 0.120. The first-order valence-electron chi connectivity index (χ1n) is 21.6. The van der Waals surface area contributed by atoms with Gasteiger partial charge < -0.3 is 0 Å². The molecule has 0 bridgehead atoms. The topological polar surface area (TPSA) is 50.9 Å². The Bertz CT molecular complexity index is 3250. The normalized spacial score (nSPS) is 12.5. The Morgan fingerprint density at radius 3 is 2.21 bits per heavy atom. The Labute approximate surface area is 386 Å². The third kappa shape index (κ3) is 6.95. The van der Waals surface area contributed by atoms with Gasteiger partial charge in [0.2, 0.25) is 0 Å². The van der Waals surface area contributed by atoms with Crippen LogP contribution in [-0.2, 0) is 32.9 Å². The fourth-order valence-corrected chi connectivity index (χ4v) is 12.7. The van der Waals surface area contributed by atoms with E-state index in [0.29, 0.717) is 5.92 Å². The zero-order chi connectivity index (χ0) is 42.6. The fraction of sp³-hybridized carbons (Fsp3) is 0.236. The Balaban J connectivity index is 0.00000490. The van der Waals surface area contributed by atoms with Crippen molar-refractivity contribution >= 4 is 67.9 Å². The third-order valence-corrected chi connectivity index (χ3v) is 15.2. The number of benzene rings is 6. The van der Waals surface area contributed by atoms with Crippen molar-refractivity contribution in [3.05, 3.63) is 148 Å². The van der Waals surface area contributed by atoms with Gasteiger partial charge in [-0.1, -0.05) is 29.8 Å². The fourth-order valence-electron chi connectivity index (χ4n) is 10.1. The number of pyridine rings is 1. The molecule has 0 unspecified atom stereocenters. The molecule has 4 heterocycles. The van der Waals surface area contributed by atoms with Crippen molar-refractivity contribution in [1.29, 1.82) is 0 Å². The number of aromatic hydroxyl groups is 1. The second kappa shape index (κ2) is 15.7. The van der Waals surface area contributed by atoms with Gasteiger partial charge in [0.1, 0.15) is 0 Å². The summed E-state index contributed by atoms with van der Waals surface area (Å²) in [6.07, 6.45) is 3.06. The third-order valence-electron chi connectivity index (χ3n) is 12.7. The number of hydrogen-bond donors (Lipinski definition) is 1. The molecule has 1 N–H and O–H groups in total. The summed E-state index contributed by atoms with van der Waals surface area (Å²) in [4.78, 5) is 10.8. The Morgan fingerprint density at radius 2 is 1.47 bits per heavy atom. The standard InChI is InChI=1S/C55H51BN3OSe.Pt/c1-30(2)21-36-15-16-41-42-19-20-57-49(53(42)61-47(41)26-36)38-27-37(28-39(29-38)55(8,9)10)40-17-18-45-51-50(40)58-54(43-25-32(4)24-35(7)52(43)60)59(51)46-14-12-11-13-44(46)56(45)48-33(5)22-31(3)23-34(48)6;/h11-20,22-26,28-30,60H,21H2,1-10H3;/q-1;. The van der Waals surface area contributed by atoms with Crippen molar-refractivity contribution in [2.45, 2.75) is 81.1 Å². The Kier molecular flexibility index (Phi) is 10.7. The van der Waals surface area contributed by atoms with Gasteiger partial charge in [-0.3, -0.25) is 0 Å². The van der Waals surface area contributed by atoms with Gasteiger partial charge in [0.15, 0.2) is 0 Å². The van der Waals surface area contributed by atoms with Crippen LogP contribution in [0, 0.1) is 46.6 Å². The Morgan fingerprint density at radius 1 is 0.758 bits per heavy atom. The molecule has 0 aliphatic carbocycles. The van der Waals surface area contributed by atoms with Crippen LogP contribution >= 0.6 is 0 Å². The van der Waals surface area contributed by atoms with E-state index in [1.165, 1.54) is 63.5 Å². The van der Waals surface area contributed by atoms with Gasteiger partial charge >= 0.3 is 304 Å². The van der Waals surface area contributed by atoms with E-state index in [-0.39, 0.29) is 53.4 Å². The second-order valence-electron chi connectivity index (χ2n) is 19.0. The second-order valence-corrected chi connectivity index (χ2v) is 21.2. The molecular weight excluding hydrogens is 1000 g/mol. The number of nitrogens with zero attached hydrogens (tertiary/aromatic N) is 3. The van der Waals surface area contributed by atoms with Crippen molar-refractivity contribution in [2.75, 3.05) is 0 Å². The van der Waals surface area contributed by atoms with Gasteiger partial charge in [-0.25, -0.2) is 0 Å². The summed E-state index contributed by atoms with van der Waals surface area (Å²) in [5.41, 5.74) is 19.9. The summed E-state index contributed by atoms with van der Waals surface area (Å²) in [5.74, 6) is 1.61. The van der Waals surface area contributed by atoms with Gasteiger partial charge in [0.25, 0.3) is 0 Å². The van der Waals surface area contributed by atoms with Crippen molar-refractivity contribution < 1.29 is 26.2 Å². The van der Waals surface area contributed by atoms with E-state index in [1.807, 2.05) is 19.2 Å². The molecule has 0 atom stereocenters. The van der Waals surface area contributed by atoms with E-state index in [9.17, 15) is 5.11 Å². The van der Waals surface area contributed by atoms with Gasteiger partial charge in [-0.05, 0) is 34.6 Å². The first-order valence-corrected chi connectivity index (χ1v) is 23.3. The number of imidazole rings is 1. The maximum atomic E-state index is 11.8. The van der Waals surface area contributed by atoms with E-state index < -0.39 is 0 Å². The van der Waals surface area contributed by atoms with E-state index in [2.05, 4.69) is 164 Å². The van der Waals surface area contributed by atoms with Gasteiger partial charge in [0, 0.05) is 21.1 Å². The van der Waals surface area contributed by atoms with Gasteiger partial charge in [-0.2, -0.15) is 0 Å². The van der Waals surface area contributed by atoms with E-state index in [4.69, 9.17) is 9.97 Å². The van der Waals surface area contributed by atoms with Crippen molar-refractivity contribution in [2.24, 2.45) is 5.92 Å². The van der Waals surface area contributed by atoms with Crippen LogP contribution in [0.25, 0.3) is 69.8 Å². The number of hydrogen-bond acceptors (Lipinski definition) is 3. The van der Waals surface area contributed by atoms with Crippen LogP contribution in [-0.4, -0.2) is 40.9 Å². The predicted molar refractivity (Wildman–Crippen MR) is 260 cm³/mol. The van der Waals surface area contributed by atoms with Crippen LogP contribution in [0.2, 0.25) is 0 Å². The first-order chi connectivity index (χ1) is 29.2. The number of aromatic nitrogens is 3. The molecule has 6 aromatic carbocycles. The number of fused-ring (bicyclic) bond motifs is 5. The minimum Gasteiger partial charge on any atom is -0.0569 e. The molecule has 312 valence electrons. The summed E-state index contributed by atoms with van der Waals surface area (Å²) < 4.78 is 5.09. The molecule has 4 nitrogen and oxygen atoms in total. The van der Waals surface area contributed by atoms with Crippen molar-refractivity contribution in [3.63, 3.8) is 0 Å². The zero-order valence-electron chi connectivity index (χ0n) is 37.2. The summed E-state index contributed by atoms with van der Waals surface area (Å²) in [6, 6.07) is 40.0. The van der Waals surface area contributed by atoms with Gasteiger partial charge in [-0.15, -0.1) is 0 Å². The number of aryl methyl sites for hydroxylation is 5. The number of phenols is 1. The van der Waals surface area contributed by atoms with Gasteiger partial charge in [0.05, 0.1) is 0 Å². The monoisotopic (exact) mass is 1060 g/mol. The number of phenolic OH excluding ortho intramolecular Hbond substituents is 1. The SMILES string of the molecule is Cc1cc(C)c(B2c3ccccc3-n3c(-c4cc(C)cc(C)c4O)nc4c(-c5[c-]c(-c6nccc7c6[se]c6cc(CC(C)C)ccc67)cc(C(C)(C)C)c5)ccc2c43)c(C)c1.[Pt]. The number of rotatable bonds is 6. The van der Waals surface area contributed by atoms with Crippen LogP contribution in [0.1, 0.15) is 73.6 Å². The molecule has 0 saturated carbocycles. The van der Waals surface area contributed by atoms with Crippen molar-refractivity contribution in [1.82, 2.24) is 14.5 Å². The molecule has 62 heavy (non-hydrogen) atoms. The molecule has 10 rings (SSSR count). The molecule has 0 amide bonds. The molecule has 0 radical (unpaired) electrons. The molecule has 1 aliphatic rings. The minimum absolute atomic E-state index is 0. The maximum absolute atomic E-state index is 11.8. The van der Waals surface area contributed by atoms with Crippen LogP contribution in [0.15, 0.2) is 103 Å². The average Bonchev–Trinajstić information content (AvgIpc) is 3.79. The molecule has 7 heteroatoms. The Hall–Kier alpha value is -4.99. The van der Waals surface area contributed by atoms with Crippen LogP contribution in [0.3, 0.4) is 0 Å². The number of para-hydroxylation sites is 1. The molecular formula is C55H51BN3OPtSe-. The smallest absolute Gasteiger partial charge is 0.0569 e. The van der Waals surface area contributed by atoms with E-state index >= 15 is 0 Å². The molecule has 0 spiro atoms. The minimum atomic E-state index is -0.138. The quantitative estimate of drug-likeness (QED) is 0.133. The summed E-state index contributed by atoms with van der Waals surface area (Å²) in [7, 11) is 0. The van der Waals surface area contributed by atoms with Crippen LogP contribution in [0.4, 0.5) is 0 Å². The van der Waals surface area contributed by atoms with E-state index in [0.717, 1.165) is 68.0 Å². The van der Waals surface area contributed by atoms with Crippen molar-refractivity contribution in [3.8, 4) is 45.2 Å². The predicted octanol–water partition coefficient (Wildman–Crippen LogP) is 11.2. The van der Waals surface area contributed by atoms with E-state index in [1.54, 1.807) is 0 Å². The molecule has 9 aromatic rings. The zero-order valence-corrected chi connectivity index (χ0v) is 41.2.